The van der Waals surface area contributed by atoms with Gasteiger partial charge in [-0.25, -0.2) is 0 Å². The molecule has 1 aromatic heterocycles. The van der Waals surface area contributed by atoms with Crippen molar-refractivity contribution in [2.75, 3.05) is 0 Å². The molecule has 0 bridgehead atoms. The van der Waals surface area contributed by atoms with Crippen LogP contribution in [0, 0.1) is 5.82 Å². The summed E-state index contributed by atoms with van der Waals surface area (Å²) in [5, 5.41) is 3.76. The molecule has 1 aromatic carbocycles. The van der Waals surface area contributed by atoms with Gasteiger partial charge in [0, 0.05) is 0 Å². The van der Waals surface area contributed by atoms with E-state index in [4.69, 9.17) is 10.6 Å². The van der Waals surface area contributed by atoms with Crippen molar-refractivity contribution in [3.8, 4) is 0 Å². The van der Waals surface area contributed by atoms with Gasteiger partial charge in [0.15, 0.2) is 0 Å². The number of nitrogens with zero attached hydrogens (tertiary/aromatic N) is 2. The van der Waals surface area contributed by atoms with E-state index in [0.29, 0.717) is 11.3 Å². The van der Waals surface area contributed by atoms with Crippen molar-refractivity contribution in [2.24, 2.45) is 10.9 Å². The van der Waals surface area contributed by atoms with Gasteiger partial charge in [0.2, 0.25) is 0 Å². The molecule has 2 unspecified atom stereocenters. The van der Waals surface area contributed by atoms with Gasteiger partial charge in [0.05, 0.1) is 0 Å². The van der Waals surface area contributed by atoms with Crippen LogP contribution in [0.2, 0.25) is 0 Å². The Balaban J connectivity index is 1.77. The summed E-state index contributed by atoms with van der Waals surface area (Å²) in [6.45, 7) is 0. The van der Waals surface area contributed by atoms with Gasteiger partial charge in [-0.3, -0.25) is 0 Å². The second-order valence-corrected chi connectivity index (χ2v) is 7.74. The summed E-state index contributed by atoms with van der Waals surface area (Å²) in [5.74, 6) is -0.956. The van der Waals surface area contributed by atoms with E-state index in [-0.39, 0.29) is 12.2 Å². The molecule has 5 nitrogen and oxygen atoms in total. The Kier molecular flexibility index (Phi) is 4.20. The molecule has 1 amide bonds. The topological polar surface area (TPSA) is 77.6 Å². The van der Waals surface area contributed by atoms with Crippen molar-refractivity contribution in [1.29, 1.82) is 0 Å². The summed E-state index contributed by atoms with van der Waals surface area (Å²) in [6, 6.07) is 8.98. The van der Waals surface area contributed by atoms with Gasteiger partial charge in [-0.2, -0.15) is 0 Å². The first-order chi connectivity index (χ1) is 10.6. The van der Waals surface area contributed by atoms with Crippen LogP contribution >= 0.6 is 0 Å². The summed E-state index contributed by atoms with van der Waals surface area (Å²) in [4.78, 5) is 19.9. The van der Waals surface area contributed by atoms with Gasteiger partial charge in [-0.1, -0.05) is 0 Å². The van der Waals surface area contributed by atoms with E-state index in [1.165, 1.54) is 10.4 Å². The third-order valence-corrected chi connectivity index (χ3v) is 5.80. The van der Waals surface area contributed by atoms with Gasteiger partial charge >= 0.3 is 133 Å². The van der Waals surface area contributed by atoms with Gasteiger partial charge in [-0.15, -0.1) is 0 Å². The van der Waals surface area contributed by atoms with Crippen LogP contribution in [0.4, 0.5) is 4.39 Å². The van der Waals surface area contributed by atoms with Crippen LogP contribution in [0.3, 0.4) is 0 Å². The van der Waals surface area contributed by atoms with Crippen molar-refractivity contribution in [3.05, 3.63) is 54.1 Å². The average Bonchev–Trinajstić information content (AvgIpc) is 2.98. The van der Waals surface area contributed by atoms with Crippen LogP contribution in [0.25, 0.3) is 0 Å². The molecule has 1 aliphatic rings. The Bertz CT molecular complexity index is 737. The van der Waals surface area contributed by atoms with E-state index >= 15 is 0 Å². The van der Waals surface area contributed by atoms with Crippen molar-refractivity contribution in [1.82, 2.24) is 4.98 Å². The van der Waals surface area contributed by atoms with Gasteiger partial charge in [0.25, 0.3) is 0 Å². The Morgan fingerprint density at radius 2 is 2.05 bits per heavy atom. The maximum absolute atomic E-state index is 14.3. The molecule has 1 aliphatic heterocycles. The Hall–Kier alpha value is -2.20. The van der Waals surface area contributed by atoms with Crippen LogP contribution in [0.5, 0.6) is 0 Å². The molecule has 22 heavy (non-hydrogen) atoms. The quantitative estimate of drug-likeness (QED) is 0.752. The normalized spacial score (nSPS) is 17.5. The van der Waals surface area contributed by atoms with E-state index in [0.717, 1.165) is 4.35 Å². The van der Waals surface area contributed by atoms with Crippen molar-refractivity contribution in [3.63, 3.8) is 0 Å². The second-order valence-electron chi connectivity index (χ2n) is 4.79. The molecule has 2 atom stereocenters. The van der Waals surface area contributed by atoms with Crippen LogP contribution in [-0.2, 0) is 9.63 Å². The number of pyridine rings is 1. The zero-order valence-corrected chi connectivity index (χ0v) is 13.6. The molecule has 7 heteroatoms. The molecular formula is C15H13AsFN3O2. The van der Waals surface area contributed by atoms with E-state index in [9.17, 15) is 9.18 Å². The van der Waals surface area contributed by atoms with E-state index < -0.39 is 27.8 Å². The number of nitrogens with two attached hydrogens (primary N) is 1. The zero-order valence-electron chi connectivity index (χ0n) is 11.5. The fourth-order valence-corrected chi connectivity index (χ4v) is 4.25. The van der Waals surface area contributed by atoms with Crippen LogP contribution in [0.1, 0.15) is 12.0 Å². The van der Waals surface area contributed by atoms with E-state index in [1.807, 2.05) is 18.2 Å². The first kappa shape index (κ1) is 14.7. The molecule has 0 radical (unpaired) electrons. The SMILES string of the molecule is NC(=O)C1CC(c2ccc([AsH]c3ccncc3)cc2F)=NO1. The molecule has 0 spiro atoms. The fourth-order valence-electron chi connectivity index (χ4n) is 2.12. The Labute approximate surface area is 133 Å². The van der Waals surface area contributed by atoms with Crippen LogP contribution in [-0.4, -0.2) is 38.5 Å². The number of benzene rings is 1. The number of carbonyl (C=O) groups is 1. The van der Waals surface area contributed by atoms with Crippen molar-refractivity contribution >= 4 is 36.1 Å². The van der Waals surface area contributed by atoms with Gasteiger partial charge in [-0.05, 0) is 0 Å². The number of halogens is 1. The number of rotatable bonds is 4. The molecule has 2 aromatic rings. The molecular weight excluding hydrogens is 348 g/mol. The van der Waals surface area contributed by atoms with Crippen LogP contribution in [0.15, 0.2) is 47.9 Å². The summed E-state index contributed by atoms with van der Waals surface area (Å²) >= 11 is -0.606. The first-order valence-electron chi connectivity index (χ1n) is 6.62. The summed E-state index contributed by atoms with van der Waals surface area (Å²) < 4.78 is 16.4. The fraction of sp³-hybridized carbons (Fsp3) is 0.133. The standard InChI is InChI=1S/C15H13AsFN3O2/c17-12-7-10(16-9-3-5-19-6-4-9)1-2-11(12)13-8-14(15(18)21)22-20-13/h1-7,14,16H,8H2,(H2,18,21). The van der Waals surface area contributed by atoms with Gasteiger partial charge < -0.3 is 0 Å². The first-order valence-corrected chi connectivity index (χ1v) is 8.72. The molecule has 0 saturated heterocycles. The summed E-state index contributed by atoms with van der Waals surface area (Å²) in [6.07, 6.45) is 2.86. The molecule has 3 rings (SSSR count). The van der Waals surface area contributed by atoms with E-state index in [1.54, 1.807) is 18.5 Å². The molecule has 2 N–H and O–H groups in total. The summed E-state index contributed by atoms with van der Waals surface area (Å²) in [7, 11) is 0. The number of amides is 1. The third kappa shape index (κ3) is 3.17. The number of oxime groups is 1. The minimum atomic E-state index is -0.806. The van der Waals surface area contributed by atoms with Crippen molar-refractivity contribution in [2.45, 2.75) is 12.5 Å². The maximum atomic E-state index is 14.3. The molecule has 112 valence electrons. The van der Waals surface area contributed by atoms with Crippen LogP contribution < -0.4 is 14.4 Å². The average molecular weight is 361 g/mol. The number of hydrogen-bond donors (Lipinski definition) is 1. The second kappa shape index (κ2) is 6.28. The third-order valence-electron chi connectivity index (χ3n) is 3.24. The molecule has 0 fully saturated rings. The van der Waals surface area contributed by atoms with Gasteiger partial charge in [0.1, 0.15) is 0 Å². The van der Waals surface area contributed by atoms with Crippen molar-refractivity contribution < 1.29 is 14.0 Å². The number of hydrogen-bond acceptors (Lipinski definition) is 4. The molecule has 2 heterocycles. The number of carbonyl (C=O) groups excluding carboxylic acids is 1. The molecule has 0 aliphatic carbocycles. The zero-order chi connectivity index (χ0) is 15.5. The monoisotopic (exact) mass is 361 g/mol. The molecule has 0 saturated carbocycles. The number of primary amides is 1. The number of aromatic nitrogens is 1. The Morgan fingerprint density at radius 1 is 1.27 bits per heavy atom. The summed E-state index contributed by atoms with van der Waals surface area (Å²) in [5.41, 5.74) is 5.92. The van der Waals surface area contributed by atoms with E-state index in [2.05, 4.69) is 10.1 Å². The predicted octanol–water partition coefficient (Wildman–Crippen LogP) is -0.414. The predicted molar refractivity (Wildman–Crippen MR) is 82.3 cm³/mol. The Morgan fingerprint density at radius 3 is 2.68 bits per heavy atom. The minimum absolute atomic E-state index is 0.201.